The van der Waals surface area contributed by atoms with Gasteiger partial charge in [-0.15, -0.1) is 10.2 Å². The number of aliphatic hydroxyl groups excluding tert-OH is 1. The summed E-state index contributed by atoms with van der Waals surface area (Å²) in [5, 5.41) is 17.1. The van der Waals surface area contributed by atoms with Gasteiger partial charge in [0, 0.05) is 15.0 Å². The standard InChI is InChI=1S/C15H19N5.C3H9NO2.2H2/c1-9(2)10-4-3-5-11(10)15-19-18-13-8-17-14-12(20(13)15)6-7-16-14;1-3(5)6-2-4;;/h6-11,16H,3-5H2,1-2H3;3,5H,2,4H2,1H3;2*1H/t10-,11+;;;/m1.../s1. The Kier molecular flexibility index (Phi) is 5.85. The summed E-state index contributed by atoms with van der Waals surface area (Å²) < 4.78 is 6.56. The number of nitrogens with zero attached hydrogens (tertiary/aromatic N) is 4. The van der Waals surface area contributed by atoms with Crippen LogP contribution in [0.3, 0.4) is 0 Å². The summed E-state index contributed by atoms with van der Waals surface area (Å²) in [5.74, 6) is 3.04. The monoisotopic (exact) mass is 364 g/mol. The Hall–Kier alpha value is -2.03. The van der Waals surface area contributed by atoms with Gasteiger partial charge in [-0.2, -0.15) is 0 Å². The summed E-state index contributed by atoms with van der Waals surface area (Å²) in [4.78, 5) is 7.55. The van der Waals surface area contributed by atoms with E-state index >= 15 is 0 Å². The van der Waals surface area contributed by atoms with Crippen LogP contribution in [0.4, 0.5) is 0 Å². The summed E-state index contributed by atoms with van der Waals surface area (Å²) in [6.07, 6.45) is 6.82. The van der Waals surface area contributed by atoms with Crippen molar-refractivity contribution < 1.29 is 12.7 Å². The highest BCUT2D eigenvalue weighted by Gasteiger charge is 2.34. The maximum atomic E-state index is 8.25. The van der Waals surface area contributed by atoms with Crippen LogP contribution in [0.1, 0.15) is 54.6 Å². The van der Waals surface area contributed by atoms with Crippen molar-refractivity contribution in [2.75, 3.05) is 6.73 Å². The van der Waals surface area contributed by atoms with E-state index in [0.29, 0.717) is 17.8 Å². The zero-order chi connectivity index (χ0) is 18.7. The van der Waals surface area contributed by atoms with Crippen molar-refractivity contribution in [1.82, 2.24) is 24.6 Å². The number of hydrogen-bond acceptors (Lipinski definition) is 6. The second-order valence-corrected chi connectivity index (χ2v) is 7.10. The van der Waals surface area contributed by atoms with Crippen LogP contribution in [0.2, 0.25) is 0 Å². The number of nitrogens with two attached hydrogens (primary N) is 1. The van der Waals surface area contributed by atoms with Gasteiger partial charge in [0.15, 0.2) is 17.6 Å². The lowest BCUT2D eigenvalue weighted by Crippen LogP contribution is -2.15. The molecule has 0 amide bonds. The Bertz CT molecular complexity index is 851. The van der Waals surface area contributed by atoms with Crippen molar-refractivity contribution in [2.45, 2.75) is 52.2 Å². The molecule has 3 atom stereocenters. The smallest absolute Gasteiger partial charge is 0.179 e. The van der Waals surface area contributed by atoms with Crippen LogP contribution in [0.15, 0.2) is 18.5 Å². The molecule has 3 aromatic rings. The van der Waals surface area contributed by atoms with Crippen LogP contribution in [0.25, 0.3) is 16.8 Å². The highest BCUT2D eigenvalue weighted by molar-refractivity contribution is 5.74. The highest BCUT2D eigenvalue weighted by Crippen LogP contribution is 2.43. The van der Waals surface area contributed by atoms with Crippen LogP contribution in [0, 0.1) is 11.8 Å². The third-order valence-electron chi connectivity index (χ3n) is 5.06. The maximum absolute atomic E-state index is 8.25. The van der Waals surface area contributed by atoms with E-state index in [2.05, 4.69) is 49.2 Å². The first-order valence-electron chi connectivity index (χ1n) is 9.19. The second kappa shape index (κ2) is 8.11. The molecule has 1 unspecified atom stereocenters. The van der Waals surface area contributed by atoms with E-state index < -0.39 is 6.29 Å². The van der Waals surface area contributed by atoms with Crippen LogP contribution in [-0.4, -0.2) is 42.7 Å². The van der Waals surface area contributed by atoms with Crippen molar-refractivity contribution in [3.05, 3.63) is 24.3 Å². The van der Waals surface area contributed by atoms with E-state index in [-0.39, 0.29) is 9.58 Å². The van der Waals surface area contributed by atoms with Gasteiger partial charge in [0.05, 0.1) is 18.4 Å². The minimum atomic E-state index is -0.727. The Morgan fingerprint density at radius 1 is 1.38 bits per heavy atom. The number of nitrogens with one attached hydrogen (secondary N) is 1. The Morgan fingerprint density at radius 2 is 2.19 bits per heavy atom. The molecule has 8 nitrogen and oxygen atoms in total. The van der Waals surface area contributed by atoms with Crippen LogP contribution < -0.4 is 5.73 Å². The molecule has 4 N–H and O–H groups in total. The zero-order valence-corrected chi connectivity index (χ0v) is 15.6. The lowest BCUT2D eigenvalue weighted by Gasteiger charge is -2.21. The van der Waals surface area contributed by atoms with E-state index in [0.717, 1.165) is 22.6 Å². The molecule has 26 heavy (non-hydrogen) atoms. The Balaban J connectivity index is 0.000000434. The molecule has 3 heterocycles. The van der Waals surface area contributed by atoms with Crippen LogP contribution >= 0.6 is 0 Å². The van der Waals surface area contributed by atoms with E-state index in [1.54, 1.807) is 6.20 Å². The molecule has 3 aromatic heterocycles. The van der Waals surface area contributed by atoms with Crippen LogP contribution in [0.5, 0.6) is 0 Å². The van der Waals surface area contributed by atoms with Gasteiger partial charge in [0.2, 0.25) is 0 Å². The number of aliphatic hydroxyl groups is 1. The predicted molar refractivity (Wildman–Crippen MR) is 104 cm³/mol. The summed E-state index contributed by atoms with van der Waals surface area (Å²) in [5.41, 5.74) is 7.68. The number of ether oxygens (including phenoxy) is 1. The quantitative estimate of drug-likeness (QED) is 0.613. The molecule has 8 heteroatoms. The Labute approximate surface area is 155 Å². The maximum Gasteiger partial charge on any atom is 0.179 e. The van der Waals surface area contributed by atoms with E-state index in [9.17, 15) is 0 Å². The molecule has 0 aromatic carbocycles. The first kappa shape index (κ1) is 18.8. The highest BCUT2D eigenvalue weighted by atomic mass is 16.6. The van der Waals surface area contributed by atoms with Gasteiger partial charge in [-0.25, -0.2) is 4.98 Å². The van der Waals surface area contributed by atoms with Crippen molar-refractivity contribution in [3.63, 3.8) is 0 Å². The number of H-pyrrole nitrogens is 1. The molecule has 1 aliphatic rings. The molecule has 1 aliphatic carbocycles. The van der Waals surface area contributed by atoms with E-state index in [1.807, 2.05) is 6.20 Å². The minimum absolute atomic E-state index is 0. The molecular weight excluding hydrogens is 332 g/mol. The Morgan fingerprint density at radius 3 is 2.85 bits per heavy atom. The lowest BCUT2D eigenvalue weighted by molar-refractivity contribution is -0.0826. The van der Waals surface area contributed by atoms with Gasteiger partial charge < -0.3 is 20.6 Å². The predicted octanol–water partition coefficient (Wildman–Crippen LogP) is 2.89. The topological polar surface area (TPSA) is 114 Å². The third-order valence-corrected chi connectivity index (χ3v) is 5.06. The summed E-state index contributed by atoms with van der Waals surface area (Å²) >= 11 is 0. The van der Waals surface area contributed by atoms with E-state index in [1.165, 1.54) is 26.2 Å². The number of rotatable bonds is 4. The lowest BCUT2D eigenvalue weighted by atomic mass is 9.85. The SMILES string of the molecule is CC(C)[C@H]1CCC[C@@H]1c1nnc2cnc3[nH]ccc3n12.CC(O)OCN.[HH].[HH]. The minimum Gasteiger partial charge on any atom is -0.368 e. The molecule has 0 aliphatic heterocycles. The fourth-order valence-corrected chi connectivity index (χ4v) is 3.88. The van der Waals surface area contributed by atoms with Gasteiger partial charge >= 0.3 is 0 Å². The van der Waals surface area contributed by atoms with Gasteiger partial charge in [-0.05, 0) is 37.7 Å². The van der Waals surface area contributed by atoms with Gasteiger partial charge in [0.1, 0.15) is 5.82 Å². The van der Waals surface area contributed by atoms with Crippen molar-refractivity contribution in [1.29, 1.82) is 0 Å². The molecule has 1 fully saturated rings. The second-order valence-electron chi connectivity index (χ2n) is 7.10. The zero-order valence-electron chi connectivity index (χ0n) is 15.6. The fraction of sp³-hybridized carbons (Fsp3) is 0.611. The number of hydrogen-bond donors (Lipinski definition) is 3. The molecule has 4 rings (SSSR count). The largest absolute Gasteiger partial charge is 0.368 e. The average molecular weight is 364 g/mol. The van der Waals surface area contributed by atoms with Crippen molar-refractivity contribution in [2.24, 2.45) is 17.6 Å². The third kappa shape index (κ3) is 3.72. The fourth-order valence-electron chi connectivity index (χ4n) is 3.88. The summed E-state index contributed by atoms with van der Waals surface area (Å²) in [7, 11) is 0. The average Bonchev–Trinajstić information content (AvgIpc) is 3.32. The number of aromatic amines is 1. The normalized spacial score (nSPS) is 21.3. The first-order valence-corrected chi connectivity index (χ1v) is 9.19. The molecule has 0 bridgehead atoms. The summed E-state index contributed by atoms with van der Waals surface area (Å²) in [6, 6.07) is 2.06. The molecular formula is C18H32N6O2. The van der Waals surface area contributed by atoms with Crippen molar-refractivity contribution in [3.8, 4) is 0 Å². The van der Waals surface area contributed by atoms with Gasteiger partial charge in [0.25, 0.3) is 0 Å². The molecule has 0 spiro atoms. The molecule has 146 valence electrons. The van der Waals surface area contributed by atoms with Gasteiger partial charge in [-0.3, -0.25) is 4.40 Å². The van der Waals surface area contributed by atoms with E-state index in [4.69, 9.17) is 10.8 Å². The first-order chi connectivity index (χ1) is 12.5. The van der Waals surface area contributed by atoms with Crippen molar-refractivity contribution >= 4 is 16.8 Å². The molecule has 1 saturated carbocycles. The molecule has 0 radical (unpaired) electrons. The molecule has 0 saturated heterocycles. The number of fused-ring (bicyclic) bond motifs is 3. The van der Waals surface area contributed by atoms with Crippen LogP contribution in [-0.2, 0) is 4.74 Å². The summed E-state index contributed by atoms with van der Waals surface area (Å²) in [6.45, 7) is 6.23. The number of aromatic nitrogens is 5. The van der Waals surface area contributed by atoms with Gasteiger partial charge in [-0.1, -0.05) is 20.3 Å².